The summed E-state index contributed by atoms with van der Waals surface area (Å²) in [5, 5.41) is 0.674. The van der Waals surface area contributed by atoms with Crippen LogP contribution in [0.2, 0.25) is 0 Å². The van der Waals surface area contributed by atoms with E-state index >= 15 is 0 Å². The Kier molecular flexibility index (Phi) is 4.27. The number of para-hydroxylation sites is 1. The highest BCUT2D eigenvalue weighted by Crippen LogP contribution is 2.19. The van der Waals surface area contributed by atoms with Crippen LogP contribution >= 0.6 is 11.6 Å². The van der Waals surface area contributed by atoms with Gasteiger partial charge in [0.05, 0.1) is 16.8 Å². The second kappa shape index (κ2) is 6.16. The van der Waals surface area contributed by atoms with Crippen LogP contribution in [0.5, 0.6) is 0 Å². The maximum atomic E-state index is 12.7. The number of rotatable bonds is 4. The van der Waals surface area contributed by atoms with Gasteiger partial charge in [-0.1, -0.05) is 19.1 Å². The van der Waals surface area contributed by atoms with Crippen molar-refractivity contribution in [3.8, 4) is 0 Å². The van der Waals surface area contributed by atoms with E-state index in [-0.39, 0.29) is 11.4 Å². The normalized spacial score (nSPS) is 19.4. The molecular weight excluding hydrogens is 286 g/mol. The maximum Gasteiger partial charge on any atom is 0.261 e. The molecule has 0 bridgehead atoms. The van der Waals surface area contributed by atoms with Gasteiger partial charge in [-0.25, -0.2) is 4.98 Å². The van der Waals surface area contributed by atoms with Crippen molar-refractivity contribution in [3.63, 3.8) is 0 Å². The van der Waals surface area contributed by atoms with Crippen LogP contribution in [0.3, 0.4) is 0 Å². The quantitative estimate of drug-likeness (QED) is 0.815. The molecule has 1 atom stereocenters. The molecule has 1 saturated heterocycles. The molecule has 1 aromatic heterocycles. The molecule has 2 heterocycles. The summed E-state index contributed by atoms with van der Waals surface area (Å²) in [5.74, 6) is 0.933. The molecule has 0 N–H and O–H groups in total. The van der Waals surface area contributed by atoms with Gasteiger partial charge in [0.15, 0.2) is 0 Å². The summed E-state index contributed by atoms with van der Waals surface area (Å²) >= 11 is 6.02. The van der Waals surface area contributed by atoms with Crippen LogP contribution in [-0.4, -0.2) is 33.6 Å². The Morgan fingerprint density at radius 2 is 2.19 bits per heavy atom. The van der Waals surface area contributed by atoms with Crippen molar-refractivity contribution in [2.75, 3.05) is 13.1 Å². The van der Waals surface area contributed by atoms with Crippen LogP contribution in [0.4, 0.5) is 0 Å². The van der Waals surface area contributed by atoms with Crippen molar-refractivity contribution in [2.24, 2.45) is 0 Å². The lowest BCUT2D eigenvalue weighted by Gasteiger charge is -2.24. The topological polar surface area (TPSA) is 38.1 Å². The van der Waals surface area contributed by atoms with Gasteiger partial charge in [-0.2, -0.15) is 0 Å². The number of halogens is 1. The number of hydrogen-bond donors (Lipinski definition) is 0. The molecule has 0 amide bonds. The van der Waals surface area contributed by atoms with Crippen molar-refractivity contribution >= 4 is 22.5 Å². The third-order valence-electron chi connectivity index (χ3n) is 4.36. The average Bonchev–Trinajstić information content (AvgIpc) is 2.97. The van der Waals surface area contributed by atoms with Gasteiger partial charge in [0.25, 0.3) is 5.56 Å². The summed E-state index contributed by atoms with van der Waals surface area (Å²) in [6, 6.07) is 7.89. The lowest BCUT2D eigenvalue weighted by molar-refractivity contribution is 0.241. The van der Waals surface area contributed by atoms with Gasteiger partial charge in [0, 0.05) is 12.6 Å². The molecule has 1 fully saturated rings. The fraction of sp³-hybridized carbons (Fsp3) is 0.500. The number of hydrogen-bond acceptors (Lipinski definition) is 3. The van der Waals surface area contributed by atoms with E-state index in [2.05, 4.69) is 16.8 Å². The minimum atomic E-state index is 0.0270. The van der Waals surface area contributed by atoms with E-state index in [4.69, 9.17) is 11.6 Å². The van der Waals surface area contributed by atoms with Crippen molar-refractivity contribution in [3.05, 3.63) is 40.4 Å². The van der Waals surface area contributed by atoms with Gasteiger partial charge in [-0.15, -0.1) is 11.6 Å². The monoisotopic (exact) mass is 305 g/mol. The average molecular weight is 306 g/mol. The number of likely N-dealkylation sites (tertiary alicyclic amines) is 1. The third-order valence-corrected chi connectivity index (χ3v) is 4.60. The fourth-order valence-corrected chi connectivity index (χ4v) is 3.44. The summed E-state index contributed by atoms with van der Waals surface area (Å²) in [6.07, 6.45) is 2.33. The van der Waals surface area contributed by atoms with E-state index in [0.717, 1.165) is 25.0 Å². The molecule has 0 aliphatic carbocycles. The first-order valence-electron chi connectivity index (χ1n) is 7.53. The highest BCUT2D eigenvalue weighted by molar-refractivity contribution is 6.16. The van der Waals surface area contributed by atoms with E-state index in [1.54, 1.807) is 4.57 Å². The first kappa shape index (κ1) is 14.5. The number of alkyl halides is 1. The van der Waals surface area contributed by atoms with Gasteiger partial charge in [-0.05, 0) is 38.1 Å². The van der Waals surface area contributed by atoms with Crippen LogP contribution in [0.25, 0.3) is 10.9 Å². The number of fused-ring (bicyclic) bond motifs is 1. The van der Waals surface area contributed by atoms with E-state index in [1.165, 1.54) is 6.42 Å². The SMILES string of the molecule is CCN1CCCC1Cn1c(CCl)nc2ccccc2c1=O. The van der Waals surface area contributed by atoms with Crippen LogP contribution in [-0.2, 0) is 12.4 Å². The molecule has 5 heteroatoms. The summed E-state index contributed by atoms with van der Waals surface area (Å²) in [6.45, 7) is 5.00. The molecule has 1 aliphatic heterocycles. The Morgan fingerprint density at radius 3 is 2.95 bits per heavy atom. The van der Waals surface area contributed by atoms with Gasteiger partial charge in [0.1, 0.15) is 5.82 Å². The van der Waals surface area contributed by atoms with E-state index < -0.39 is 0 Å². The summed E-state index contributed by atoms with van der Waals surface area (Å²) in [7, 11) is 0. The first-order valence-corrected chi connectivity index (χ1v) is 8.06. The number of likely N-dealkylation sites (N-methyl/N-ethyl adjacent to an activating group) is 1. The molecule has 4 nitrogen and oxygen atoms in total. The van der Waals surface area contributed by atoms with Gasteiger partial charge in [0.2, 0.25) is 0 Å². The molecule has 112 valence electrons. The smallest absolute Gasteiger partial charge is 0.261 e. The molecule has 3 rings (SSSR count). The molecular formula is C16H20ClN3O. The van der Waals surface area contributed by atoms with Gasteiger partial charge >= 0.3 is 0 Å². The standard InChI is InChI=1S/C16H20ClN3O/c1-2-19-9-5-6-12(19)11-20-15(10-17)18-14-8-4-3-7-13(14)16(20)21/h3-4,7-8,12H,2,5-6,9-11H2,1H3. The Bertz CT molecular complexity index is 697. The minimum Gasteiger partial charge on any atom is -0.299 e. The lowest BCUT2D eigenvalue weighted by atomic mass is 10.2. The fourth-order valence-electron chi connectivity index (χ4n) is 3.23. The molecule has 1 aliphatic rings. The van der Waals surface area contributed by atoms with Crippen LogP contribution in [0.15, 0.2) is 29.1 Å². The van der Waals surface area contributed by atoms with Crippen molar-refractivity contribution in [1.29, 1.82) is 0 Å². The largest absolute Gasteiger partial charge is 0.299 e. The molecule has 1 aromatic carbocycles. The van der Waals surface area contributed by atoms with E-state index in [9.17, 15) is 4.79 Å². The Morgan fingerprint density at radius 1 is 1.38 bits per heavy atom. The van der Waals surface area contributed by atoms with Crippen LogP contribution in [0.1, 0.15) is 25.6 Å². The second-order valence-corrected chi connectivity index (χ2v) is 5.79. The first-order chi connectivity index (χ1) is 10.2. The third kappa shape index (κ3) is 2.70. The maximum absolute atomic E-state index is 12.7. The predicted octanol–water partition coefficient (Wildman–Crippen LogP) is 2.62. The highest BCUT2D eigenvalue weighted by atomic mass is 35.5. The van der Waals surface area contributed by atoms with Crippen LogP contribution in [0, 0.1) is 0 Å². The Balaban J connectivity index is 2.04. The molecule has 2 aromatic rings. The summed E-state index contributed by atoms with van der Waals surface area (Å²) in [5.41, 5.74) is 0.757. The molecule has 0 radical (unpaired) electrons. The second-order valence-electron chi connectivity index (χ2n) is 5.52. The summed E-state index contributed by atoms with van der Waals surface area (Å²) in [4.78, 5) is 19.7. The highest BCUT2D eigenvalue weighted by Gasteiger charge is 2.24. The minimum absolute atomic E-state index is 0.0270. The van der Waals surface area contributed by atoms with Crippen molar-refractivity contribution < 1.29 is 0 Å². The van der Waals surface area contributed by atoms with Crippen molar-refractivity contribution in [1.82, 2.24) is 14.5 Å². The predicted molar refractivity (Wildman–Crippen MR) is 85.8 cm³/mol. The molecule has 0 spiro atoms. The number of aromatic nitrogens is 2. The van der Waals surface area contributed by atoms with Gasteiger partial charge in [-0.3, -0.25) is 14.3 Å². The van der Waals surface area contributed by atoms with E-state index in [1.807, 2.05) is 24.3 Å². The Labute approximate surface area is 129 Å². The zero-order chi connectivity index (χ0) is 14.8. The van der Waals surface area contributed by atoms with E-state index in [0.29, 0.717) is 23.8 Å². The zero-order valence-electron chi connectivity index (χ0n) is 12.3. The number of benzene rings is 1. The molecule has 21 heavy (non-hydrogen) atoms. The molecule has 1 unspecified atom stereocenters. The summed E-state index contributed by atoms with van der Waals surface area (Å²) < 4.78 is 1.77. The molecule has 0 saturated carbocycles. The zero-order valence-corrected chi connectivity index (χ0v) is 13.0. The lowest BCUT2D eigenvalue weighted by Crippen LogP contribution is -2.37. The van der Waals surface area contributed by atoms with Gasteiger partial charge < -0.3 is 0 Å². The van der Waals surface area contributed by atoms with Crippen LogP contribution < -0.4 is 5.56 Å². The Hall–Kier alpha value is -1.39. The van der Waals surface area contributed by atoms with Crippen molar-refractivity contribution in [2.45, 2.75) is 38.2 Å². The number of nitrogens with zero attached hydrogens (tertiary/aromatic N) is 3.